The number of hydrogen-bond donors (Lipinski definition) is 2. The zero-order valence-electron chi connectivity index (χ0n) is 15.3. The van der Waals surface area contributed by atoms with Crippen LogP contribution in [0.1, 0.15) is 42.7 Å². The molecule has 3 heterocycles. The summed E-state index contributed by atoms with van der Waals surface area (Å²) in [6, 6.07) is 4.27. The predicted octanol–water partition coefficient (Wildman–Crippen LogP) is 2.31. The highest BCUT2D eigenvalue weighted by atomic mass is 16.6. The van der Waals surface area contributed by atoms with Gasteiger partial charge in [0.25, 0.3) is 5.91 Å². The van der Waals surface area contributed by atoms with Crippen molar-refractivity contribution in [2.24, 2.45) is 0 Å². The minimum atomic E-state index is -1.03. The molecule has 28 heavy (non-hydrogen) atoms. The number of anilines is 2. The molecule has 1 amide bonds. The molecule has 146 valence electrons. The van der Waals surface area contributed by atoms with Crippen LogP contribution < -0.4 is 10.2 Å². The molecule has 2 N–H and O–H groups in total. The first kappa shape index (κ1) is 18.0. The van der Waals surface area contributed by atoms with E-state index in [0.29, 0.717) is 16.7 Å². The molecule has 1 aliphatic heterocycles. The number of benzene rings is 1. The van der Waals surface area contributed by atoms with Crippen LogP contribution in [0.25, 0.3) is 11.0 Å². The molecule has 1 aliphatic rings. The Morgan fingerprint density at radius 2 is 1.89 bits per heavy atom. The minimum absolute atomic E-state index is 0.109. The van der Waals surface area contributed by atoms with Gasteiger partial charge in [0.1, 0.15) is 6.04 Å². The Morgan fingerprint density at radius 1 is 1.14 bits per heavy atom. The lowest BCUT2D eigenvalue weighted by atomic mass is 10.1. The Balaban J connectivity index is 1.57. The highest BCUT2D eigenvalue weighted by Gasteiger charge is 2.21. The second-order valence-corrected chi connectivity index (χ2v) is 6.79. The fourth-order valence-corrected chi connectivity index (χ4v) is 3.32. The largest absolute Gasteiger partial charge is 0.480 e. The van der Waals surface area contributed by atoms with Crippen molar-refractivity contribution >= 4 is 34.3 Å². The van der Waals surface area contributed by atoms with Crippen LogP contribution in [0, 0.1) is 0 Å². The molecule has 10 nitrogen and oxygen atoms in total. The number of carbonyl (C=O) groups is 2. The Morgan fingerprint density at radius 3 is 2.64 bits per heavy atom. The summed E-state index contributed by atoms with van der Waals surface area (Å²) in [5.41, 5.74) is 2.58. The Labute approximate surface area is 160 Å². The average molecular weight is 384 g/mol. The molecule has 1 aromatic carbocycles. The van der Waals surface area contributed by atoms with Crippen LogP contribution in [-0.4, -0.2) is 50.2 Å². The second kappa shape index (κ2) is 7.29. The summed E-state index contributed by atoms with van der Waals surface area (Å²) in [4.78, 5) is 25.9. The lowest BCUT2D eigenvalue weighted by molar-refractivity contribution is -0.140. The molecule has 1 unspecified atom stereocenters. The maximum atomic E-state index is 12.5. The van der Waals surface area contributed by atoms with Gasteiger partial charge in [-0.25, -0.2) is 9.42 Å². The Kier molecular flexibility index (Phi) is 4.68. The monoisotopic (exact) mass is 384 g/mol. The highest BCUT2D eigenvalue weighted by molar-refractivity contribution is 6.08. The third kappa shape index (κ3) is 3.28. The number of aliphatic carboxylic acids is 1. The van der Waals surface area contributed by atoms with Crippen molar-refractivity contribution < 1.29 is 19.3 Å². The molecule has 1 atom stereocenters. The van der Waals surface area contributed by atoms with Gasteiger partial charge < -0.3 is 15.3 Å². The summed E-state index contributed by atoms with van der Waals surface area (Å²) in [7, 11) is 0. The van der Waals surface area contributed by atoms with E-state index < -0.39 is 17.9 Å². The van der Waals surface area contributed by atoms with E-state index in [1.54, 1.807) is 6.07 Å². The third-order valence-electron chi connectivity index (χ3n) is 4.93. The maximum absolute atomic E-state index is 12.5. The van der Waals surface area contributed by atoms with Crippen LogP contribution in [0.4, 0.5) is 11.4 Å². The van der Waals surface area contributed by atoms with Crippen LogP contribution in [0.5, 0.6) is 0 Å². The molecule has 2 aromatic heterocycles. The van der Waals surface area contributed by atoms with Gasteiger partial charge in [-0.05, 0) is 54.7 Å². The van der Waals surface area contributed by atoms with Crippen LogP contribution in [0.3, 0.4) is 0 Å². The Bertz CT molecular complexity index is 1020. The fraction of sp³-hybridized carbons (Fsp3) is 0.389. The number of nitrogens with one attached hydrogen (secondary N) is 1. The van der Waals surface area contributed by atoms with E-state index in [2.05, 4.69) is 25.6 Å². The minimum Gasteiger partial charge on any atom is -0.480 e. The second-order valence-electron chi connectivity index (χ2n) is 6.79. The van der Waals surface area contributed by atoms with Gasteiger partial charge >= 0.3 is 5.97 Å². The number of hydrogen-bond acceptors (Lipinski definition) is 7. The van der Waals surface area contributed by atoms with Gasteiger partial charge in [-0.2, -0.15) is 5.10 Å². The normalized spacial score (nSPS) is 15.5. The summed E-state index contributed by atoms with van der Waals surface area (Å²) in [5.74, 6) is -1.50. The topological polar surface area (TPSA) is 126 Å². The summed E-state index contributed by atoms with van der Waals surface area (Å²) in [5, 5.41) is 23.8. The molecule has 0 bridgehead atoms. The number of carbonyl (C=O) groups excluding carboxylic acids is 1. The van der Waals surface area contributed by atoms with Crippen LogP contribution in [-0.2, 0) is 4.79 Å². The first-order valence-corrected chi connectivity index (χ1v) is 9.14. The molecule has 0 spiro atoms. The molecular weight excluding hydrogens is 364 g/mol. The molecule has 1 fully saturated rings. The van der Waals surface area contributed by atoms with E-state index in [9.17, 15) is 9.59 Å². The number of carboxylic acids is 1. The first-order chi connectivity index (χ1) is 13.5. The number of carboxylic acid groups (broad SMARTS) is 1. The van der Waals surface area contributed by atoms with Crippen molar-refractivity contribution in [3.05, 3.63) is 30.1 Å². The number of rotatable bonds is 5. The Hall–Kier alpha value is -3.43. The van der Waals surface area contributed by atoms with Crippen LogP contribution in [0.15, 0.2) is 29.0 Å². The van der Waals surface area contributed by atoms with Gasteiger partial charge in [-0.1, -0.05) is 0 Å². The van der Waals surface area contributed by atoms with Gasteiger partial charge in [-0.3, -0.25) is 9.48 Å². The molecule has 10 heteroatoms. The number of amides is 1. The number of piperidine rings is 1. The van der Waals surface area contributed by atoms with Gasteiger partial charge in [0, 0.05) is 19.3 Å². The zero-order chi connectivity index (χ0) is 19.7. The SMILES string of the molecule is CC(C(=O)O)n1ccc(C(=O)Nc2ccc(N3CCCCC3)c3nonc23)n1. The summed E-state index contributed by atoms with van der Waals surface area (Å²) in [6.45, 7) is 3.39. The van der Waals surface area contributed by atoms with Crippen molar-refractivity contribution in [3.63, 3.8) is 0 Å². The van der Waals surface area contributed by atoms with Crippen molar-refractivity contribution in [3.8, 4) is 0 Å². The van der Waals surface area contributed by atoms with E-state index in [4.69, 9.17) is 9.74 Å². The van der Waals surface area contributed by atoms with E-state index in [1.807, 2.05) is 6.07 Å². The summed E-state index contributed by atoms with van der Waals surface area (Å²) < 4.78 is 6.15. The molecule has 1 saturated heterocycles. The first-order valence-electron chi connectivity index (χ1n) is 9.14. The number of nitrogens with zero attached hydrogens (tertiary/aromatic N) is 5. The van der Waals surface area contributed by atoms with Crippen molar-refractivity contribution in [2.75, 3.05) is 23.3 Å². The highest BCUT2D eigenvalue weighted by Crippen LogP contribution is 2.31. The fourth-order valence-electron chi connectivity index (χ4n) is 3.32. The molecule has 3 aromatic rings. The average Bonchev–Trinajstić information content (AvgIpc) is 3.38. The van der Waals surface area contributed by atoms with Crippen LogP contribution >= 0.6 is 0 Å². The number of aromatic nitrogens is 4. The molecule has 4 rings (SSSR count). The van der Waals surface area contributed by atoms with E-state index in [0.717, 1.165) is 31.6 Å². The smallest absolute Gasteiger partial charge is 0.328 e. The van der Waals surface area contributed by atoms with Crippen molar-refractivity contribution in [1.82, 2.24) is 20.1 Å². The molecular formula is C18H20N6O4. The third-order valence-corrected chi connectivity index (χ3v) is 4.93. The van der Waals surface area contributed by atoms with Crippen molar-refractivity contribution in [1.29, 1.82) is 0 Å². The lowest BCUT2D eigenvalue weighted by Gasteiger charge is -2.28. The van der Waals surface area contributed by atoms with E-state index in [1.165, 1.54) is 30.3 Å². The predicted molar refractivity (Wildman–Crippen MR) is 100 cm³/mol. The standard InChI is InChI=1S/C18H20N6O4/c1-11(18(26)27)24-10-7-13(20-24)17(25)19-12-5-6-14(16-15(12)21-28-22-16)23-8-3-2-4-9-23/h5-7,10-11H,2-4,8-9H2,1H3,(H,19,25)(H,26,27). The van der Waals surface area contributed by atoms with E-state index in [-0.39, 0.29) is 5.69 Å². The van der Waals surface area contributed by atoms with Gasteiger partial charge in [-0.15, -0.1) is 0 Å². The summed E-state index contributed by atoms with van der Waals surface area (Å²) in [6.07, 6.45) is 4.93. The number of fused-ring (bicyclic) bond motifs is 1. The lowest BCUT2D eigenvalue weighted by Crippen LogP contribution is -2.29. The summed E-state index contributed by atoms with van der Waals surface area (Å²) >= 11 is 0. The van der Waals surface area contributed by atoms with Gasteiger partial charge in [0.2, 0.25) is 0 Å². The van der Waals surface area contributed by atoms with Crippen LogP contribution in [0.2, 0.25) is 0 Å². The van der Waals surface area contributed by atoms with Crippen molar-refractivity contribution in [2.45, 2.75) is 32.2 Å². The quantitative estimate of drug-likeness (QED) is 0.686. The molecule has 0 radical (unpaired) electrons. The molecule has 0 saturated carbocycles. The molecule has 0 aliphatic carbocycles. The maximum Gasteiger partial charge on any atom is 0.328 e. The van der Waals surface area contributed by atoms with Gasteiger partial charge in [0.05, 0.1) is 11.4 Å². The van der Waals surface area contributed by atoms with E-state index >= 15 is 0 Å². The zero-order valence-corrected chi connectivity index (χ0v) is 15.3. The van der Waals surface area contributed by atoms with Gasteiger partial charge in [0.15, 0.2) is 16.7 Å².